The molecule has 186 valence electrons. The number of nitriles is 1. The quantitative estimate of drug-likeness (QED) is 0.503. The highest BCUT2D eigenvalue weighted by atomic mass is 16.2. The fraction of sp³-hybridized carbons (Fsp3) is 0.207. The minimum absolute atomic E-state index is 0.0180. The van der Waals surface area contributed by atoms with Crippen molar-refractivity contribution < 1.29 is 4.79 Å². The van der Waals surface area contributed by atoms with Gasteiger partial charge in [-0.3, -0.25) is 4.79 Å². The summed E-state index contributed by atoms with van der Waals surface area (Å²) < 4.78 is 1.78. The van der Waals surface area contributed by atoms with Crippen LogP contribution in [0.1, 0.15) is 5.56 Å². The van der Waals surface area contributed by atoms with Crippen molar-refractivity contribution in [1.29, 1.82) is 5.26 Å². The summed E-state index contributed by atoms with van der Waals surface area (Å²) in [4.78, 5) is 20.1. The molecule has 4 heterocycles. The zero-order valence-electron chi connectivity index (χ0n) is 21.1. The molecule has 8 heteroatoms. The largest absolute Gasteiger partial charge is 0.376 e. The number of hydrogen-bond donors (Lipinski definition) is 0. The number of pyridine rings is 1. The van der Waals surface area contributed by atoms with Gasteiger partial charge in [0.05, 0.1) is 34.9 Å². The van der Waals surface area contributed by atoms with Gasteiger partial charge in [-0.05, 0) is 42.0 Å². The van der Waals surface area contributed by atoms with Crippen molar-refractivity contribution in [1.82, 2.24) is 19.4 Å². The van der Waals surface area contributed by atoms with Crippen LogP contribution >= 0.6 is 0 Å². The van der Waals surface area contributed by atoms with Gasteiger partial charge in [0.1, 0.15) is 6.07 Å². The van der Waals surface area contributed by atoms with Gasteiger partial charge in [0.2, 0.25) is 5.91 Å². The molecule has 1 amide bonds. The maximum absolute atomic E-state index is 11.9. The topological polar surface area (TPSA) is 71.1 Å². The molecule has 2 aliphatic heterocycles. The number of rotatable bonds is 5. The van der Waals surface area contributed by atoms with Gasteiger partial charge in [0, 0.05) is 63.9 Å². The summed E-state index contributed by atoms with van der Waals surface area (Å²) in [6.45, 7) is 6.49. The first kappa shape index (κ1) is 23.9. The number of piperazine rings is 1. The molecule has 0 spiro atoms. The monoisotopic (exact) mass is 491 g/mol. The van der Waals surface area contributed by atoms with E-state index in [0.29, 0.717) is 18.7 Å². The van der Waals surface area contributed by atoms with Crippen molar-refractivity contribution >= 4 is 22.8 Å². The van der Waals surface area contributed by atoms with E-state index in [0.717, 1.165) is 46.8 Å². The second kappa shape index (κ2) is 10.1. The van der Waals surface area contributed by atoms with Gasteiger partial charge in [-0.1, -0.05) is 24.8 Å². The molecule has 1 saturated heterocycles. The summed E-state index contributed by atoms with van der Waals surface area (Å²) in [6, 6.07) is 12.8. The Bertz CT molecular complexity index is 1460. The number of amides is 1. The molecule has 0 radical (unpaired) electrons. The molecule has 0 N–H and O–H groups in total. The summed E-state index contributed by atoms with van der Waals surface area (Å²) >= 11 is 0. The third kappa shape index (κ3) is 4.71. The second-order valence-corrected chi connectivity index (χ2v) is 9.19. The van der Waals surface area contributed by atoms with Gasteiger partial charge in [0.25, 0.3) is 0 Å². The fourth-order valence-corrected chi connectivity index (χ4v) is 4.67. The molecule has 2 aromatic heterocycles. The Balaban J connectivity index is 1.49. The predicted molar refractivity (Wildman–Crippen MR) is 147 cm³/mol. The highest BCUT2D eigenvalue weighted by Gasteiger charge is 2.20. The Morgan fingerprint density at radius 3 is 2.54 bits per heavy atom. The molecule has 1 aromatic carbocycles. The first-order valence-electron chi connectivity index (χ1n) is 12.2. The molecule has 0 bridgehead atoms. The minimum Gasteiger partial charge on any atom is -0.376 e. The number of aromatic nitrogens is 2. The van der Waals surface area contributed by atoms with Crippen LogP contribution in [0, 0.1) is 11.3 Å². The zero-order chi connectivity index (χ0) is 25.9. The number of allylic oxidation sites excluding steroid dienone is 3. The average Bonchev–Trinajstić information content (AvgIpc) is 3.19. The number of likely N-dealkylation sites (N-methyl/N-ethyl adjacent to an activating group) is 1. The molecular formula is C29H29N7O. The molecule has 0 unspecified atom stereocenters. The van der Waals surface area contributed by atoms with E-state index in [1.165, 1.54) is 6.08 Å². The maximum Gasteiger partial charge on any atom is 0.246 e. The standard InChI is InChI=1S/C29H29N7O/c1-4-28(37)34-15-13-33(14-16-34)24-10-8-22(9-11-24)27-17-26(21-36-29(27)23(18-30)19-31-36)35-12-6-5-7-25(20-35)32(2)3/h4-12,17,19-21H,1,13-16H2,2-3H3. The number of carbonyl (C=O) groups is 1. The lowest BCUT2D eigenvalue weighted by molar-refractivity contribution is -0.126. The highest BCUT2D eigenvalue weighted by molar-refractivity contribution is 5.88. The molecule has 5 rings (SSSR count). The Morgan fingerprint density at radius 2 is 1.86 bits per heavy atom. The Kier molecular flexibility index (Phi) is 6.52. The van der Waals surface area contributed by atoms with Crippen molar-refractivity contribution in [2.24, 2.45) is 0 Å². The summed E-state index contributed by atoms with van der Waals surface area (Å²) in [6.07, 6.45) is 15.1. The first-order chi connectivity index (χ1) is 18.0. The lowest BCUT2D eigenvalue weighted by Gasteiger charge is -2.35. The lowest BCUT2D eigenvalue weighted by atomic mass is 10.0. The van der Waals surface area contributed by atoms with E-state index in [-0.39, 0.29) is 5.91 Å². The van der Waals surface area contributed by atoms with Crippen LogP contribution in [0.3, 0.4) is 0 Å². The summed E-state index contributed by atoms with van der Waals surface area (Å²) in [5, 5.41) is 14.2. The third-order valence-corrected chi connectivity index (χ3v) is 6.74. The van der Waals surface area contributed by atoms with E-state index in [2.05, 4.69) is 75.1 Å². The Labute approximate surface area is 216 Å². The summed E-state index contributed by atoms with van der Waals surface area (Å²) in [5.74, 6) is -0.0180. The SMILES string of the molecule is C=CC(=O)N1CCN(c2ccc(-c3cc(N4C=CC=CC(N(C)C)=C4)cn4ncc(C#N)c34)cc2)CC1. The second-order valence-electron chi connectivity index (χ2n) is 9.19. The van der Waals surface area contributed by atoms with Crippen molar-refractivity contribution in [3.8, 4) is 17.2 Å². The number of hydrogen-bond acceptors (Lipinski definition) is 6. The van der Waals surface area contributed by atoms with Crippen molar-refractivity contribution in [3.05, 3.63) is 97.3 Å². The van der Waals surface area contributed by atoms with E-state index < -0.39 is 0 Å². The first-order valence-corrected chi connectivity index (χ1v) is 12.2. The third-order valence-electron chi connectivity index (χ3n) is 6.74. The fourth-order valence-electron chi connectivity index (χ4n) is 4.67. The molecule has 0 atom stereocenters. The summed E-state index contributed by atoms with van der Waals surface area (Å²) in [7, 11) is 4.03. The van der Waals surface area contributed by atoms with E-state index >= 15 is 0 Å². The highest BCUT2D eigenvalue weighted by Crippen LogP contribution is 2.33. The molecule has 3 aromatic rings. The van der Waals surface area contributed by atoms with E-state index in [1.54, 1.807) is 10.7 Å². The predicted octanol–water partition coefficient (Wildman–Crippen LogP) is 4.00. The number of nitrogens with zero attached hydrogens (tertiary/aromatic N) is 7. The Morgan fingerprint density at radius 1 is 1.11 bits per heavy atom. The van der Waals surface area contributed by atoms with Crippen LogP contribution in [-0.4, -0.2) is 65.6 Å². The van der Waals surface area contributed by atoms with Gasteiger partial charge in [-0.2, -0.15) is 10.4 Å². The van der Waals surface area contributed by atoms with E-state index in [1.807, 2.05) is 43.5 Å². The van der Waals surface area contributed by atoms with Gasteiger partial charge in [0.15, 0.2) is 0 Å². The normalized spacial score (nSPS) is 15.4. The van der Waals surface area contributed by atoms with Crippen LogP contribution in [0.4, 0.5) is 11.4 Å². The van der Waals surface area contributed by atoms with Crippen molar-refractivity contribution in [2.75, 3.05) is 50.1 Å². The van der Waals surface area contributed by atoms with Crippen LogP contribution in [0.15, 0.2) is 91.7 Å². The van der Waals surface area contributed by atoms with Crippen LogP contribution in [0.2, 0.25) is 0 Å². The van der Waals surface area contributed by atoms with Crippen LogP contribution in [0.5, 0.6) is 0 Å². The maximum atomic E-state index is 11.9. The minimum atomic E-state index is -0.0180. The van der Waals surface area contributed by atoms with Crippen LogP contribution < -0.4 is 9.80 Å². The Hall–Kier alpha value is -4.77. The average molecular weight is 492 g/mol. The number of benzene rings is 1. The molecule has 1 fully saturated rings. The van der Waals surface area contributed by atoms with E-state index in [9.17, 15) is 10.1 Å². The van der Waals surface area contributed by atoms with E-state index in [4.69, 9.17) is 0 Å². The van der Waals surface area contributed by atoms with Crippen molar-refractivity contribution in [3.63, 3.8) is 0 Å². The molecular weight excluding hydrogens is 462 g/mol. The summed E-state index contributed by atoms with van der Waals surface area (Å²) in [5.41, 5.74) is 6.35. The molecule has 0 aliphatic carbocycles. The number of anilines is 2. The molecule has 37 heavy (non-hydrogen) atoms. The van der Waals surface area contributed by atoms with Crippen LogP contribution in [-0.2, 0) is 4.79 Å². The van der Waals surface area contributed by atoms with Gasteiger partial charge in [-0.15, -0.1) is 0 Å². The smallest absolute Gasteiger partial charge is 0.246 e. The number of fused-ring (bicyclic) bond motifs is 1. The molecule has 8 nitrogen and oxygen atoms in total. The lowest BCUT2D eigenvalue weighted by Crippen LogP contribution is -2.48. The van der Waals surface area contributed by atoms with Crippen molar-refractivity contribution in [2.45, 2.75) is 0 Å². The van der Waals surface area contributed by atoms with Crippen LogP contribution in [0.25, 0.3) is 16.6 Å². The molecule has 2 aliphatic rings. The van der Waals surface area contributed by atoms with Gasteiger partial charge in [-0.25, -0.2) is 4.52 Å². The zero-order valence-corrected chi connectivity index (χ0v) is 21.1. The van der Waals surface area contributed by atoms with Gasteiger partial charge >= 0.3 is 0 Å². The van der Waals surface area contributed by atoms with Gasteiger partial charge < -0.3 is 19.6 Å². The molecule has 0 saturated carbocycles. The number of carbonyl (C=O) groups excluding carboxylic acids is 1.